The minimum Gasteiger partial charge on any atom is -0.870 e. The molecule has 0 unspecified atom stereocenters. The van der Waals surface area contributed by atoms with Crippen molar-refractivity contribution in [2.75, 3.05) is 0 Å². The second-order valence-corrected chi connectivity index (χ2v) is 2.45. The zero-order valence-corrected chi connectivity index (χ0v) is 12.0. The van der Waals surface area contributed by atoms with E-state index in [9.17, 15) is 0 Å². The Morgan fingerprint density at radius 3 is 0.714 bits per heavy atom. The van der Waals surface area contributed by atoms with Gasteiger partial charge in [0.2, 0.25) is 0 Å². The maximum Gasteiger partial charge on any atom is 2.00 e. The molecule has 14 heteroatoms. The molecule has 86 valence electrons. The predicted octanol–water partition coefficient (Wildman–Crippen LogP) is -5.85. The molecule has 0 bridgehead atoms. The number of rotatable bonds is 0. The molecular weight excluding hydrogens is 350 g/mol. The summed E-state index contributed by atoms with van der Waals surface area (Å²) in [7, 11) is -10.3. The molecule has 0 aliphatic rings. The summed E-state index contributed by atoms with van der Waals surface area (Å²) >= 11 is 0. The van der Waals surface area contributed by atoms with Crippen LogP contribution in [0.1, 0.15) is 0 Å². The van der Waals surface area contributed by atoms with Crippen LogP contribution in [0.3, 0.4) is 0 Å². The molecule has 0 aromatic heterocycles. The van der Waals surface area contributed by atoms with Crippen molar-refractivity contribution in [3.05, 3.63) is 0 Å². The summed E-state index contributed by atoms with van der Waals surface area (Å²) in [6.45, 7) is 0. The molecule has 0 aliphatic carbocycles. The Kier molecular flexibility index (Phi) is 38.0. The van der Waals surface area contributed by atoms with Crippen molar-refractivity contribution in [2.24, 2.45) is 0 Å². The van der Waals surface area contributed by atoms with E-state index in [1.807, 2.05) is 0 Å². The van der Waals surface area contributed by atoms with Crippen LogP contribution in [-0.4, -0.2) is 40.5 Å². The van der Waals surface area contributed by atoms with Gasteiger partial charge in [-0.2, -0.15) is 0 Å². The van der Waals surface area contributed by atoms with Gasteiger partial charge in [0.15, 0.2) is 0 Å². The first-order valence-electron chi connectivity index (χ1n) is 1.33. The van der Waals surface area contributed by atoms with Gasteiger partial charge in [-0.15, -0.1) is 0 Å². The zero-order chi connectivity index (χ0) is 9.00. The van der Waals surface area contributed by atoms with Crippen LogP contribution in [0.5, 0.6) is 0 Å². The van der Waals surface area contributed by atoms with Gasteiger partial charge in [0.1, 0.15) is 0 Å². The molecule has 0 fully saturated rings. The van der Waals surface area contributed by atoms with Crippen molar-refractivity contribution < 1.29 is 104 Å². The first-order valence-corrected chi connectivity index (χ1v) is 4.00. The summed E-state index contributed by atoms with van der Waals surface area (Å²) in [5, 5.41) is 0. The van der Waals surface area contributed by atoms with E-state index in [0.717, 1.165) is 0 Å². The minimum absolute atomic E-state index is 0. The molecule has 0 amide bonds. The van der Waals surface area contributed by atoms with E-state index in [-0.39, 0.29) is 69.2 Å². The minimum atomic E-state index is -5.17. The zero-order valence-electron chi connectivity index (χ0n) is 6.21. The molecule has 0 rings (SSSR count). The van der Waals surface area contributed by atoms with Crippen molar-refractivity contribution in [1.82, 2.24) is 0 Å². The Hall–Kier alpha value is 1.74. The van der Waals surface area contributed by atoms with Crippen LogP contribution in [0, 0.1) is 0 Å². The standard InChI is InChI=1S/Cu.Mn.Na.2H2O4S.H2O/c;;;2*1-5(2,3)4;/h;;;2*(H2,1,2,3,4);1H2/q2*+2;+1;;;/p-5. The van der Waals surface area contributed by atoms with Gasteiger partial charge in [-0.25, -0.2) is 0 Å². The third-order valence-corrected chi connectivity index (χ3v) is 0. The monoisotopic (exact) mass is 350 g/mol. The molecular formula is HCuMnNaO9S2. The van der Waals surface area contributed by atoms with E-state index in [1.165, 1.54) is 0 Å². The molecule has 14 heavy (non-hydrogen) atoms. The van der Waals surface area contributed by atoms with Gasteiger partial charge in [-0.05, 0) is 0 Å². The molecule has 0 spiro atoms. The van der Waals surface area contributed by atoms with Crippen LogP contribution >= 0.6 is 0 Å². The molecule has 0 heterocycles. The normalized spacial score (nSPS) is 8.29. The smallest absolute Gasteiger partial charge is 0.870 e. The number of hydrogen-bond acceptors (Lipinski definition) is 9. The molecule has 9 nitrogen and oxygen atoms in total. The number of hydrogen-bond donors (Lipinski definition) is 0. The van der Waals surface area contributed by atoms with Crippen molar-refractivity contribution in [3.8, 4) is 0 Å². The fourth-order valence-electron chi connectivity index (χ4n) is 0. The average Bonchev–Trinajstić information content (AvgIpc) is 1.12. The largest absolute Gasteiger partial charge is 2.00 e. The fourth-order valence-corrected chi connectivity index (χ4v) is 0. The second-order valence-electron chi connectivity index (χ2n) is 0.816. The summed E-state index contributed by atoms with van der Waals surface area (Å²) in [6.07, 6.45) is 0. The van der Waals surface area contributed by atoms with Gasteiger partial charge in [-0.3, -0.25) is 16.8 Å². The Balaban J connectivity index is -0.0000000178. The van der Waals surface area contributed by atoms with Crippen LogP contribution in [0.2, 0.25) is 0 Å². The summed E-state index contributed by atoms with van der Waals surface area (Å²) in [5.41, 5.74) is 0. The SMILES string of the molecule is O=S(=O)([O-])[O-].O=S(=O)([O-])[O-].[Cu+2].[Mn+2].[Na+].[OH-]. The first-order chi connectivity index (χ1) is 4.00. The Morgan fingerprint density at radius 2 is 0.714 bits per heavy atom. The molecule has 0 atom stereocenters. The van der Waals surface area contributed by atoms with Gasteiger partial charge >= 0.3 is 63.7 Å². The van der Waals surface area contributed by atoms with E-state index >= 15 is 0 Å². The summed E-state index contributed by atoms with van der Waals surface area (Å²) < 4.78 is 68.2. The third kappa shape index (κ3) is 737. The molecule has 0 aliphatic heterocycles. The summed E-state index contributed by atoms with van der Waals surface area (Å²) in [4.78, 5) is 0. The van der Waals surface area contributed by atoms with E-state index in [4.69, 9.17) is 35.0 Å². The maximum absolute atomic E-state index is 8.52. The van der Waals surface area contributed by atoms with Gasteiger partial charge < -0.3 is 23.7 Å². The molecule has 2 radical (unpaired) electrons. The molecule has 1 N–H and O–H groups in total. The first kappa shape index (κ1) is 36.0. The molecule has 0 aromatic rings. The second kappa shape index (κ2) is 14.7. The topological polar surface area (TPSA) is 191 Å². The van der Waals surface area contributed by atoms with Crippen LogP contribution in [0.4, 0.5) is 0 Å². The van der Waals surface area contributed by atoms with Crippen LogP contribution in [0.25, 0.3) is 0 Å². The Labute approximate surface area is 124 Å². The van der Waals surface area contributed by atoms with Crippen molar-refractivity contribution in [1.29, 1.82) is 0 Å². The fraction of sp³-hybridized carbons (Fsp3) is 0. The average molecular weight is 351 g/mol. The van der Waals surface area contributed by atoms with Crippen molar-refractivity contribution in [2.45, 2.75) is 0 Å². The Morgan fingerprint density at radius 1 is 0.714 bits per heavy atom. The summed E-state index contributed by atoms with van der Waals surface area (Å²) in [5.74, 6) is 0. The molecule has 0 aromatic carbocycles. The van der Waals surface area contributed by atoms with E-state index < -0.39 is 20.8 Å². The van der Waals surface area contributed by atoms with E-state index in [0.29, 0.717) is 0 Å². The molecule has 0 saturated carbocycles. The Bertz CT molecular complexity index is 219. The van der Waals surface area contributed by atoms with Crippen LogP contribution in [-0.2, 0) is 54.9 Å². The molecule has 0 saturated heterocycles. The third-order valence-electron chi connectivity index (χ3n) is 0. The van der Waals surface area contributed by atoms with Gasteiger partial charge in [0.25, 0.3) is 0 Å². The van der Waals surface area contributed by atoms with Gasteiger partial charge in [0.05, 0.1) is 0 Å². The van der Waals surface area contributed by atoms with E-state index in [2.05, 4.69) is 0 Å². The van der Waals surface area contributed by atoms with Crippen molar-refractivity contribution in [3.63, 3.8) is 0 Å². The summed E-state index contributed by atoms with van der Waals surface area (Å²) in [6, 6.07) is 0. The van der Waals surface area contributed by atoms with E-state index in [1.54, 1.807) is 0 Å². The van der Waals surface area contributed by atoms with Gasteiger partial charge in [-0.1, -0.05) is 0 Å². The quantitative estimate of drug-likeness (QED) is 0.232. The van der Waals surface area contributed by atoms with Crippen molar-refractivity contribution >= 4 is 20.8 Å². The predicted molar refractivity (Wildman–Crippen MR) is 22.9 cm³/mol. The van der Waals surface area contributed by atoms with Crippen LogP contribution < -0.4 is 29.6 Å². The van der Waals surface area contributed by atoms with Gasteiger partial charge in [0, 0.05) is 20.8 Å². The maximum atomic E-state index is 8.52. The van der Waals surface area contributed by atoms with Crippen LogP contribution in [0.15, 0.2) is 0 Å².